The largest absolute Gasteiger partial charge is 0.375 e. The highest BCUT2D eigenvalue weighted by molar-refractivity contribution is 5.14. The monoisotopic (exact) mass is 334 g/mol. The van der Waals surface area contributed by atoms with Crippen LogP contribution < -0.4 is 5.32 Å². The van der Waals surface area contributed by atoms with Gasteiger partial charge in [-0.2, -0.15) is 0 Å². The summed E-state index contributed by atoms with van der Waals surface area (Å²) in [6.07, 6.45) is 3.44. The van der Waals surface area contributed by atoms with E-state index < -0.39 is 0 Å². The molecule has 0 aromatic carbocycles. The van der Waals surface area contributed by atoms with Crippen LogP contribution in [0.5, 0.6) is 0 Å². The Balaban J connectivity index is 5.30. The fourth-order valence-electron chi connectivity index (χ4n) is 3.92. The van der Waals surface area contributed by atoms with Gasteiger partial charge >= 0.3 is 0 Å². The molecule has 0 spiro atoms. The third kappa shape index (κ3) is 6.84. The molecule has 0 heterocycles. The molecule has 0 rings (SSSR count). The molecule has 0 aromatic heterocycles. The van der Waals surface area contributed by atoms with Crippen LogP contribution in [0.1, 0.15) is 60.8 Å². The number of nitrogens with zero attached hydrogens (tertiary/aromatic N) is 1. The molecule has 0 bridgehead atoms. The van der Waals surface area contributed by atoms with Crippen LogP contribution in [0.25, 0.3) is 0 Å². The molecule has 2 nitrogen and oxygen atoms in total. The zero-order chi connectivity index (χ0) is 19.1. The lowest BCUT2D eigenvalue weighted by atomic mass is 9.66. The van der Waals surface area contributed by atoms with Crippen molar-refractivity contribution >= 4 is 0 Å². The van der Waals surface area contributed by atoms with Gasteiger partial charge in [0, 0.05) is 31.2 Å². The molecular weight excluding hydrogens is 292 g/mol. The first kappa shape index (κ1) is 23.0. The summed E-state index contributed by atoms with van der Waals surface area (Å²) in [7, 11) is 4.14. The number of hydrogen-bond donors (Lipinski definition) is 1. The Morgan fingerprint density at radius 2 is 1.67 bits per heavy atom. The van der Waals surface area contributed by atoms with Crippen molar-refractivity contribution in [3.8, 4) is 0 Å². The van der Waals surface area contributed by atoms with Crippen molar-refractivity contribution in [2.24, 2.45) is 17.3 Å². The van der Waals surface area contributed by atoms with Crippen LogP contribution in [-0.4, -0.2) is 31.6 Å². The minimum Gasteiger partial charge on any atom is -0.375 e. The summed E-state index contributed by atoms with van der Waals surface area (Å²) in [5, 5.41) is 3.46. The summed E-state index contributed by atoms with van der Waals surface area (Å²) in [5.74, 6) is 0.944. The van der Waals surface area contributed by atoms with Crippen LogP contribution in [-0.2, 0) is 0 Å². The van der Waals surface area contributed by atoms with Gasteiger partial charge in [-0.3, -0.25) is 0 Å². The van der Waals surface area contributed by atoms with Crippen LogP contribution in [0.3, 0.4) is 0 Å². The van der Waals surface area contributed by atoms with Crippen LogP contribution in [0.15, 0.2) is 36.6 Å². The van der Waals surface area contributed by atoms with Gasteiger partial charge in [-0.1, -0.05) is 65.0 Å². The molecule has 3 unspecified atom stereocenters. The number of rotatable bonds is 12. The van der Waals surface area contributed by atoms with Crippen LogP contribution in [0.2, 0.25) is 0 Å². The first-order chi connectivity index (χ1) is 11.0. The van der Waals surface area contributed by atoms with Gasteiger partial charge in [0.25, 0.3) is 0 Å². The van der Waals surface area contributed by atoms with Crippen LogP contribution >= 0.6 is 0 Å². The fraction of sp³-hybridized carbons (Fsp3) is 0.727. The van der Waals surface area contributed by atoms with E-state index in [4.69, 9.17) is 0 Å². The highest BCUT2D eigenvalue weighted by Crippen LogP contribution is 2.41. The Morgan fingerprint density at radius 1 is 1.12 bits per heavy atom. The molecule has 0 aromatic rings. The maximum atomic E-state index is 4.46. The standard InChI is InChI=1S/C22H42N2/c1-12-13-17(4)18(5)14-22(8,9)21(20(7)23-10)19(6)15-24(11)16(2)3/h18,20-21,23H,2,4,6,12-15H2,1,3,5,7-11H3. The molecule has 0 fully saturated rings. The third-order valence-electron chi connectivity index (χ3n) is 5.43. The SMILES string of the molecule is C=C(CCC)C(C)CC(C)(C)C(C(=C)CN(C)C(=C)C)C(C)NC. The second kappa shape index (κ2) is 10.1. The molecule has 0 saturated heterocycles. The van der Waals surface area contributed by atoms with E-state index in [2.05, 4.69) is 71.6 Å². The summed E-state index contributed by atoms with van der Waals surface area (Å²) in [6, 6.07) is 0.387. The Morgan fingerprint density at radius 3 is 2.08 bits per heavy atom. The molecule has 0 saturated carbocycles. The van der Waals surface area contributed by atoms with Gasteiger partial charge in [0.2, 0.25) is 0 Å². The zero-order valence-corrected chi connectivity index (χ0v) is 17.6. The van der Waals surface area contributed by atoms with Gasteiger partial charge in [-0.15, -0.1) is 0 Å². The highest BCUT2D eigenvalue weighted by atomic mass is 15.1. The first-order valence-corrected chi connectivity index (χ1v) is 9.37. The molecule has 0 amide bonds. The minimum absolute atomic E-state index is 0.158. The van der Waals surface area contributed by atoms with Crippen molar-refractivity contribution in [2.45, 2.75) is 66.8 Å². The Hall–Kier alpha value is -1.02. The van der Waals surface area contributed by atoms with Crippen molar-refractivity contribution in [3.63, 3.8) is 0 Å². The van der Waals surface area contributed by atoms with Crippen molar-refractivity contribution in [2.75, 3.05) is 20.6 Å². The van der Waals surface area contributed by atoms with E-state index in [9.17, 15) is 0 Å². The average Bonchev–Trinajstić information content (AvgIpc) is 2.46. The summed E-state index contributed by atoms with van der Waals surface area (Å²) in [4.78, 5) is 2.19. The summed E-state index contributed by atoms with van der Waals surface area (Å²) < 4.78 is 0. The van der Waals surface area contributed by atoms with Gasteiger partial charge in [0.1, 0.15) is 0 Å². The summed E-state index contributed by atoms with van der Waals surface area (Å²) >= 11 is 0. The molecule has 140 valence electrons. The van der Waals surface area contributed by atoms with E-state index in [0.29, 0.717) is 17.9 Å². The topological polar surface area (TPSA) is 15.3 Å². The predicted molar refractivity (Wildman–Crippen MR) is 110 cm³/mol. The van der Waals surface area contributed by atoms with E-state index in [1.54, 1.807) is 0 Å². The van der Waals surface area contributed by atoms with E-state index >= 15 is 0 Å². The lowest BCUT2D eigenvalue weighted by Gasteiger charge is -2.42. The van der Waals surface area contributed by atoms with Gasteiger partial charge in [0.15, 0.2) is 0 Å². The van der Waals surface area contributed by atoms with E-state index in [1.807, 2.05) is 14.0 Å². The molecule has 1 N–H and O–H groups in total. The molecule has 0 aliphatic carbocycles. The molecular formula is C22H42N2. The maximum absolute atomic E-state index is 4.46. The average molecular weight is 335 g/mol. The maximum Gasteiger partial charge on any atom is 0.0383 e. The lowest BCUT2D eigenvalue weighted by molar-refractivity contribution is 0.162. The van der Waals surface area contributed by atoms with Crippen LogP contribution in [0.4, 0.5) is 0 Å². The molecule has 24 heavy (non-hydrogen) atoms. The van der Waals surface area contributed by atoms with Crippen molar-refractivity contribution in [1.82, 2.24) is 10.2 Å². The van der Waals surface area contributed by atoms with Gasteiger partial charge in [-0.25, -0.2) is 0 Å². The number of nitrogens with one attached hydrogen (secondary N) is 1. The quantitative estimate of drug-likeness (QED) is 0.465. The molecule has 3 atom stereocenters. The third-order valence-corrected chi connectivity index (χ3v) is 5.43. The van der Waals surface area contributed by atoms with E-state index in [0.717, 1.165) is 25.1 Å². The normalized spacial score (nSPS) is 15.5. The second-order valence-corrected chi connectivity index (χ2v) is 8.31. The second-order valence-electron chi connectivity index (χ2n) is 8.31. The summed E-state index contributed by atoms with van der Waals surface area (Å²) in [6.45, 7) is 27.3. The molecule has 0 radical (unpaired) electrons. The number of hydrogen-bond acceptors (Lipinski definition) is 2. The molecule has 2 heteroatoms. The zero-order valence-electron chi connectivity index (χ0n) is 17.6. The lowest BCUT2D eigenvalue weighted by Crippen LogP contribution is -2.43. The fourth-order valence-corrected chi connectivity index (χ4v) is 3.92. The smallest absolute Gasteiger partial charge is 0.0383 e. The van der Waals surface area contributed by atoms with Gasteiger partial charge in [0.05, 0.1) is 0 Å². The van der Waals surface area contributed by atoms with Gasteiger partial charge < -0.3 is 10.2 Å². The number of allylic oxidation sites excluding steroid dienone is 2. The predicted octanol–water partition coefficient (Wildman–Crippen LogP) is 5.64. The molecule has 0 aliphatic rings. The van der Waals surface area contributed by atoms with E-state index in [-0.39, 0.29) is 5.41 Å². The Bertz CT molecular complexity index is 433. The first-order valence-electron chi connectivity index (χ1n) is 9.37. The number of likely N-dealkylation sites (N-methyl/N-ethyl adjacent to an activating group) is 1. The van der Waals surface area contributed by atoms with Crippen molar-refractivity contribution < 1.29 is 0 Å². The minimum atomic E-state index is 0.158. The molecule has 0 aliphatic heterocycles. The highest BCUT2D eigenvalue weighted by Gasteiger charge is 2.36. The van der Waals surface area contributed by atoms with E-state index in [1.165, 1.54) is 17.6 Å². The Labute approximate surface area is 152 Å². The van der Waals surface area contributed by atoms with Gasteiger partial charge in [-0.05, 0) is 45.1 Å². The van der Waals surface area contributed by atoms with Crippen molar-refractivity contribution in [1.29, 1.82) is 0 Å². The van der Waals surface area contributed by atoms with Crippen molar-refractivity contribution in [3.05, 3.63) is 36.6 Å². The van der Waals surface area contributed by atoms with Crippen LogP contribution in [0, 0.1) is 17.3 Å². The summed E-state index contributed by atoms with van der Waals surface area (Å²) in [5.41, 5.74) is 3.90. The Kier molecular flexibility index (Phi) is 9.65.